The maximum Gasteiger partial charge on any atom is 0.237 e. The van der Waals surface area contributed by atoms with Crippen LogP contribution >= 0.6 is 11.6 Å². The number of Topliss-reactive ketones (excluding diaryl/α,β-unsaturated/α-hetero) is 1. The SMILES string of the molecule is COc1cc(C2=NOC3(CCN(C#CC(=O)c4ccc(C(C)(C)C)cc4)CC3)C2)ccc1Cl. The van der Waals surface area contributed by atoms with Crippen molar-refractivity contribution < 1.29 is 14.4 Å². The summed E-state index contributed by atoms with van der Waals surface area (Å²) >= 11 is 6.14. The van der Waals surface area contributed by atoms with Crippen LogP contribution in [0.1, 0.15) is 61.5 Å². The summed E-state index contributed by atoms with van der Waals surface area (Å²) in [7, 11) is 1.60. The number of benzene rings is 2. The minimum atomic E-state index is -0.312. The molecule has 0 atom stereocenters. The Bertz CT molecular complexity index is 1130. The number of carbonyl (C=O) groups is 1. The second kappa shape index (κ2) is 9.11. The van der Waals surface area contributed by atoms with Gasteiger partial charge in [-0.2, -0.15) is 0 Å². The predicted molar refractivity (Wildman–Crippen MR) is 131 cm³/mol. The van der Waals surface area contributed by atoms with Crippen molar-refractivity contribution >= 4 is 23.1 Å². The van der Waals surface area contributed by atoms with Gasteiger partial charge in [0.1, 0.15) is 11.4 Å². The van der Waals surface area contributed by atoms with E-state index in [1.165, 1.54) is 5.56 Å². The average Bonchev–Trinajstić information content (AvgIpc) is 3.22. The van der Waals surface area contributed by atoms with Gasteiger partial charge in [0.05, 0.1) is 17.8 Å². The minimum absolute atomic E-state index is 0.0581. The Morgan fingerprint density at radius 3 is 2.48 bits per heavy atom. The van der Waals surface area contributed by atoms with Gasteiger partial charge in [-0.15, -0.1) is 0 Å². The fraction of sp³-hybridized carbons (Fsp3) is 0.407. The van der Waals surface area contributed by atoms with E-state index in [0.29, 0.717) is 16.3 Å². The zero-order valence-corrected chi connectivity index (χ0v) is 20.3. The highest BCUT2D eigenvalue weighted by atomic mass is 35.5. The molecular formula is C27H29ClN2O3. The summed E-state index contributed by atoms with van der Waals surface area (Å²) in [6.07, 6.45) is 2.33. The predicted octanol–water partition coefficient (Wildman–Crippen LogP) is 5.45. The van der Waals surface area contributed by atoms with Crippen molar-refractivity contribution in [2.45, 2.75) is 51.0 Å². The van der Waals surface area contributed by atoms with Gasteiger partial charge >= 0.3 is 0 Å². The van der Waals surface area contributed by atoms with Crippen LogP contribution in [-0.2, 0) is 10.3 Å². The molecule has 2 aliphatic rings. The first-order chi connectivity index (χ1) is 15.7. The van der Waals surface area contributed by atoms with Crippen LogP contribution in [0, 0.1) is 12.0 Å². The quantitative estimate of drug-likeness (QED) is 0.447. The Labute approximate surface area is 200 Å². The van der Waals surface area contributed by atoms with Crippen molar-refractivity contribution in [3.05, 3.63) is 64.2 Å². The minimum Gasteiger partial charge on any atom is -0.495 e. The molecule has 4 rings (SSSR count). The third kappa shape index (κ3) is 5.17. The smallest absolute Gasteiger partial charge is 0.237 e. The number of ether oxygens (including phenoxy) is 1. The van der Waals surface area contributed by atoms with Gasteiger partial charge < -0.3 is 14.5 Å². The van der Waals surface area contributed by atoms with E-state index in [1.54, 1.807) is 7.11 Å². The topological polar surface area (TPSA) is 51.1 Å². The molecule has 1 fully saturated rings. The number of methoxy groups -OCH3 is 1. The van der Waals surface area contributed by atoms with Crippen molar-refractivity contribution in [1.29, 1.82) is 0 Å². The Morgan fingerprint density at radius 2 is 1.85 bits per heavy atom. The van der Waals surface area contributed by atoms with Crippen LogP contribution < -0.4 is 4.74 Å². The molecule has 0 aliphatic carbocycles. The molecular weight excluding hydrogens is 436 g/mol. The van der Waals surface area contributed by atoms with Crippen LogP contribution in [0.5, 0.6) is 5.75 Å². The fourth-order valence-electron chi connectivity index (χ4n) is 4.13. The second-order valence-electron chi connectivity index (χ2n) is 9.72. The molecule has 0 amide bonds. The van der Waals surface area contributed by atoms with Crippen LogP contribution in [0.2, 0.25) is 5.02 Å². The van der Waals surface area contributed by atoms with Crippen LogP contribution in [-0.4, -0.2) is 42.2 Å². The maximum absolute atomic E-state index is 12.5. The number of rotatable bonds is 3. The van der Waals surface area contributed by atoms with Gasteiger partial charge in [-0.05, 0) is 29.0 Å². The molecule has 1 spiro atoms. The molecule has 0 unspecified atom stereocenters. The van der Waals surface area contributed by atoms with Gasteiger partial charge in [0.25, 0.3) is 0 Å². The van der Waals surface area contributed by atoms with Crippen LogP contribution in [0.15, 0.2) is 47.6 Å². The van der Waals surface area contributed by atoms with Gasteiger partial charge in [-0.3, -0.25) is 4.79 Å². The molecule has 2 aromatic carbocycles. The Hall–Kier alpha value is -2.97. The summed E-state index contributed by atoms with van der Waals surface area (Å²) in [6, 6.07) is 16.4. The normalized spacial score (nSPS) is 17.1. The van der Waals surface area contributed by atoms with Gasteiger partial charge in [0.2, 0.25) is 5.78 Å². The molecule has 0 aromatic heterocycles. The highest BCUT2D eigenvalue weighted by Gasteiger charge is 2.42. The number of hydrogen-bond acceptors (Lipinski definition) is 5. The largest absolute Gasteiger partial charge is 0.495 e. The van der Waals surface area contributed by atoms with E-state index in [0.717, 1.165) is 43.6 Å². The lowest BCUT2D eigenvalue weighted by atomic mass is 9.85. The number of nitrogens with zero attached hydrogens (tertiary/aromatic N) is 2. The molecule has 0 saturated carbocycles. The molecule has 5 nitrogen and oxygen atoms in total. The maximum atomic E-state index is 12.5. The Kier molecular flexibility index (Phi) is 6.41. The fourth-order valence-corrected chi connectivity index (χ4v) is 4.33. The number of likely N-dealkylation sites (tertiary alicyclic amines) is 1. The monoisotopic (exact) mass is 464 g/mol. The highest BCUT2D eigenvalue weighted by Crippen LogP contribution is 2.37. The number of carbonyl (C=O) groups excluding carboxylic acids is 1. The third-order valence-electron chi connectivity index (χ3n) is 6.34. The molecule has 172 valence electrons. The zero-order chi connectivity index (χ0) is 23.6. The molecule has 33 heavy (non-hydrogen) atoms. The third-order valence-corrected chi connectivity index (χ3v) is 6.65. The lowest BCUT2D eigenvalue weighted by molar-refractivity contribution is -0.0537. The van der Waals surface area contributed by atoms with Gasteiger partial charge in [0.15, 0.2) is 0 Å². The average molecular weight is 465 g/mol. The lowest BCUT2D eigenvalue weighted by Crippen LogP contribution is -2.42. The summed E-state index contributed by atoms with van der Waals surface area (Å²) < 4.78 is 5.32. The number of ketones is 1. The van der Waals surface area contributed by atoms with E-state index < -0.39 is 0 Å². The Morgan fingerprint density at radius 1 is 1.15 bits per heavy atom. The van der Waals surface area contributed by atoms with Gasteiger partial charge in [-0.25, -0.2) is 0 Å². The molecule has 0 bridgehead atoms. The van der Waals surface area contributed by atoms with E-state index in [4.69, 9.17) is 21.2 Å². The molecule has 0 radical (unpaired) electrons. The second-order valence-corrected chi connectivity index (χ2v) is 10.1. The standard InChI is InChI=1S/C27H29ClN2O3/c1-26(2,3)21-8-5-19(6-9-21)24(31)11-14-30-15-12-27(13-16-30)18-23(29-33-27)20-7-10-22(28)25(17-20)32-4/h5-10,17H,12-13,15-16,18H2,1-4H3. The van der Waals surface area contributed by atoms with Crippen LogP contribution in [0.3, 0.4) is 0 Å². The van der Waals surface area contributed by atoms with Crippen molar-refractivity contribution in [3.63, 3.8) is 0 Å². The van der Waals surface area contributed by atoms with Crippen molar-refractivity contribution in [2.75, 3.05) is 20.2 Å². The van der Waals surface area contributed by atoms with Crippen molar-refractivity contribution in [2.24, 2.45) is 5.16 Å². The molecule has 6 heteroatoms. The summed E-state index contributed by atoms with van der Waals surface area (Å²) in [5.41, 5.74) is 3.43. The molecule has 1 saturated heterocycles. The summed E-state index contributed by atoms with van der Waals surface area (Å²) in [5, 5.41) is 4.93. The molecule has 2 aromatic rings. The summed E-state index contributed by atoms with van der Waals surface area (Å²) in [5.74, 6) is 3.27. The number of halogens is 1. The lowest BCUT2D eigenvalue weighted by Gasteiger charge is -2.35. The van der Waals surface area contributed by atoms with E-state index in [2.05, 4.69) is 37.9 Å². The van der Waals surface area contributed by atoms with Crippen LogP contribution in [0.25, 0.3) is 0 Å². The number of oxime groups is 1. The summed E-state index contributed by atoms with van der Waals surface area (Å²) in [6.45, 7) is 7.93. The van der Waals surface area contributed by atoms with Gasteiger partial charge in [0, 0.05) is 49.5 Å². The number of piperidine rings is 1. The zero-order valence-electron chi connectivity index (χ0n) is 19.6. The van der Waals surface area contributed by atoms with Crippen molar-refractivity contribution in [3.8, 4) is 17.7 Å². The first kappa shape index (κ1) is 23.2. The van der Waals surface area contributed by atoms with E-state index in [1.807, 2.05) is 47.4 Å². The molecule has 2 aliphatic heterocycles. The van der Waals surface area contributed by atoms with E-state index >= 15 is 0 Å². The Balaban J connectivity index is 1.34. The van der Waals surface area contributed by atoms with Crippen LogP contribution in [0.4, 0.5) is 0 Å². The number of hydrogen-bond donors (Lipinski definition) is 0. The highest BCUT2D eigenvalue weighted by molar-refractivity contribution is 6.32. The first-order valence-electron chi connectivity index (χ1n) is 11.2. The summed E-state index contributed by atoms with van der Waals surface area (Å²) in [4.78, 5) is 20.4. The van der Waals surface area contributed by atoms with E-state index in [9.17, 15) is 4.79 Å². The van der Waals surface area contributed by atoms with E-state index in [-0.39, 0.29) is 16.8 Å². The molecule has 0 N–H and O–H groups in total. The van der Waals surface area contributed by atoms with Gasteiger partial charge in [-0.1, -0.05) is 67.9 Å². The van der Waals surface area contributed by atoms with Crippen molar-refractivity contribution in [1.82, 2.24) is 4.90 Å². The molecule has 2 heterocycles. The first-order valence-corrected chi connectivity index (χ1v) is 11.6.